The number of anilines is 1. The van der Waals surface area contributed by atoms with Gasteiger partial charge in [0.1, 0.15) is 0 Å². The molecule has 1 aliphatic heterocycles. The number of nitrogens with one attached hydrogen (secondary N) is 1. The molecule has 144 valence electrons. The lowest BCUT2D eigenvalue weighted by molar-refractivity contribution is 0.0914. The van der Waals surface area contributed by atoms with Gasteiger partial charge in [-0.2, -0.15) is 0 Å². The third kappa shape index (κ3) is 5.03. The maximum absolute atomic E-state index is 11.8. The summed E-state index contributed by atoms with van der Waals surface area (Å²) < 4.78 is 5.07. The number of carbonyl (C=O) groups is 1. The number of hydrogen-bond acceptors (Lipinski definition) is 4. The van der Waals surface area contributed by atoms with Crippen LogP contribution < -0.4 is 10.2 Å². The Balaban J connectivity index is 1.90. The lowest BCUT2D eigenvalue weighted by Crippen LogP contribution is -2.53. The summed E-state index contributed by atoms with van der Waals surface area (Å²) in [6, 6.07) is 6.48. The van der Waals surface area contributed by atoms with E-state index in [-0.39, 0.29) is 6.09 Å². The van der Waals surface area contributed by atoms with Crippen LogP contribution in [0.4, 0.5) is 10.5 Å². The Morgan fingerprint density at radius 2 is 1.88 bits per heavy atom. The SMILES string of the molecule is CCOC(=O)N1CCN(C(=NC)NCc2ccc(N(C)C)cc2C)CC1. The summed E-state index contributed by atoms with van der Waals surface area (Å²) in [6.07, 6.45) is -0.230. The van der Waals surface area contributed by atoms with Crippen LogP contribution in [0.2, 0.25) is 0 Å². The summed E-state index contributed by atoms with van der Waals surface area (Å²) in [5, 5.41) is 3.44. The van der Waals surface area contributed by atoms with Gasteiger partial charge in [0, 0.05) is 59.6 Å². The Morgan fingerprint density at radius 1 is 1.23 bits per heavy atom. The predicted octanol–water partition coefficient (Wildman–Crippen LogP) is 1.91. The molecule has 0 aromatic heterocycles. The first-order valence-corrected chi connectivity index (χ1v) is 9.10. The summed E-state index contributed by atoms with van der Waals surface area (Å²) in [5.74, 6) is 0.865. The molecule has 1 saturated heterocycles. The van der Waals surface area contributed by atoms with Crippen molar-refractivity contribution < 1.29 is 9.53 Å². The average Bonchev–Trinajstić information content (AvgIpc) is 2.63. The number of aryl methyl sites for hydroxylation is 1. The first kappa shape index (κ1) is 19.9. The van der Waals surface area contributed by atoms with Crippen molar-refractivity contribution in [3.8, 4) is 0 Å². The second-order valence-electron chi connectivity index (χ2n) is 6.58. The summed E-state index contributed by atoms with van der Waals surface area (Å²) in [7, 11) is 5.89. The molecule has 1 aliphatic rings. The Morgan fingerprint density at radius 3 is 2.42 bits per heavy atom. The van der Waals surface area contributed by atoms with Crippen LogP contribution in [-0.4, -0.2) is 75.8 Å². The van der Waals surface area contributed by atoms with Gasteiger partial charge in [0.15, 0.2) is 5.96 Å². The highest BCUT2D eigenvalue weighted by atomic mass is 16.6. The van der Waals surface area contributed by atoms with Crippen molar-refractivity contribution in [3.63, 3.8) is 0 Å². The molecule has 0 radical (unpaired) electrons. The lowest BCUT2D eigenvalue weighted by Gasteiger charge is -2.35. The van der Waals surface area contributed by atoms with Gasteiger partial charge >= 0.3 is 6.09 Å². The summed E-state index contributed by atoms with van der Waals surface area (Å²) in [5.41, 5.74) is 3.71. The van der Waals surface area contributed by atoms with Gasteiger partial charge in [-0.05, 0) is 37.1 Å². The van der Waals surface area contributed by atoms with Gasteiger partial charge in [-0.1, -0.05) is 6.07 Å². The molecule has 0 atom stereocenters. The molecule has 1 aromatic carbocycles. The number of benzene rings is 1. The zero-order valence-electron chi connectivity index (χ0n) is 16.6. The zero-order chi connectivity index (χ0) is 19.1. The van der Waals surface area contributed by atoms with Crippen molar-refractivity contribution in [2.75, 3.05) is 58.8 Å². The van der Waals surface area contributed by atoms with Gasteiger partial charge in [-0.15, -0.1) is 0 Å². The van der Waals surface area contributed by atoms with Crippen molar-refractivity contribution >= 4 is 17.7 Å². The smallest absolute Gasteiger partial charge is 0.409 e. The Labute approximate surface area is 156 Å². The fraction of sp³-hybridized carbons (Fsp3) is 0.579. The van der Waals surface area contributed by atoms with Crippen LogP contribution in [0.1, 0.15) is 18.1 Å². The molecule has 7 nitrogen and oxygen atoms in total. The van der Waals surface area contributed by atoms with Crippen LogP contribution in [0, 0.1) is 6.92 Å². The van der Waals surface area contributed by atoms with E-state index in [1.54, 1.807) is 11.9 Å². The molecular weight excluding hydrogens is 330 g/mol. The van der Waals surface area contributed by atoms with Crippen molar-refractivity contribution in [2.24, 2.45) is 4.99 Å². The molecule has 26 heavy (non-hydrogen) atoms. The number of hydrogen-bond donors (Lipinski definition) is 1. The van der Waals surface area contributed by atoms with Crippen LogP contribution >= 0.6 is 0 Å². The topological polar surface area (TPSA) is 60.4 Å². The fourth-order valence-corrected chi connectivity index (χ4v) is 2.98. The van der Waals surface area contributed by atoms with E-state index in [1.165, 1.54) is 16.8 Å². The number of amides is 1. The fourth-order valence-electron chi connectivity index (χ4n) is 2.98. The van der Waals surface area contributed by atoms with Crippen molar-refractivity contribution in [1.29, 1.82) is 0 Å². The number of carbonyl (C=O) groups excluding carboxylic acids is 1. The van der Waals surface area contributed by atoms with Crippen molar-refractivity contribution in [3.05, 3.63) is 29.3 Å². The molecule has 1 aromatic rings. The van der Waals surface area contributed by atoms with E-state index in [1.807, 2.05) is 21.0 Å². The van der Waals surface area contributed by atoms with Crippen LogP contribution in [0.25, 0.3) is 0 Å². The zero-order valence-corrected chi connectivity index (χ0v) is 16.6. The van der Waals surface area contributed by atoms with E-state index in [0.29, 0.717) is 19.7 Å². The number of piperazine rings is 1. The molecule has 1 heterocycles. The minimum Gasteiger partial charge on any atom is -0.450 e. The molecule has 1 amide bonds. The maximum Gasteiger partial charge on any atom is 0.409 e. The van der Waals surface area contributed by atoms with E-state index < -0.39 is 0 Å². The van der Waals surface area contributed by atoms with E-state index in [0.717, 1.165) is 25.6 Å². The quantitative estimate of drug-likeness (QED) is 0.656. The monoisotopic (exact) mass is 361 g/mol. The molecule has 0 saturated carbocycles. The molecule has 0 bridgehead atoms. The standard InChI is InChI=1S/C19H31N5O2/c1-6-26-19(25)24-11-9-23(10-12-24)18(20-3)21-14-16-7-8-17(22(4)5)13-15(16)2/h7-8,13H,6,9-12,14H2,1-5H3,(H,20,21). The number of rotatable bonds is 4. The van der Waals surface area contributed by atoms with E-state index in [9.17, 15) is 4.79 Å². The van der Waals surface area contributed by atoms with Crippen LogP contribution in [0.5, 0.6) is 0 Å². The maximum atomic E-state index is 11.8. The van der Waals surface area contributed by atoms with E-state index >= 15 is 0 Å². The van der Waals surface area contributed by atoms with Crippen molar-refractivity contribution in [1.82, 2.24) is 15.1 Å². The highest BCUT2D eigenvalue weighted by Crippen LogP contribution is 2.17. The lowest BCUT2D eigenvalue weighted by atomic mass is 10.1. The molecule has 7 heteroatoms. The number of ether oxygens (including phenoxy) is 1. The van der Waals surface area contributed by atoms with Crippen LogP contribution in [0.15, 0.2) is 23.2 Å². The first-order valence-electron chi connectivity index (χ1n) is 9.10. The Bertz CT molecular complexity index is 637. The van der Waals surface area contributed by atoms with Gasteiger partial charge in [0.05, 0.1) is 6.61 Å². The van der Waals surface area contributed by atoms with Gasteiger partial charge in [0.2, 0.25) is 0 Å². The molecule has 0 unspecified atom stereocenters. The molecule has 0 aliphatic carbocycles. The Hall–Kier alpha value is -2.44. The summed E-state index contributed by atoms with van der Waals surface area (Å²) >= 11 is 0. The minimum absolute atomic E-state index is 0.230. The second-order valence-corrected chi connectivity index (χ2v) is 6.58. The van der Waals surface area contributed by atoms with Gasteiger partial charge in [-0.3, -0.25) is 4.99 Å². The van der Waals surface area contributed by atoms with Crippen molar-refractivity contribution in [2.45, 2.75) is 20.4 Å². The molecule has 0 spiro atoms. The minimum atomic E-state index is -0.230. The summed E-state index contributed by atoms with van der Waals surface area (Å²) in [4.78, 5) is 22.2. The molecule has 2 rings (SSSR count). The number of guanidine groups is 1. The second kappa shape index (κ2) is 9.31. The van der Waals surface area contributed by atoms with Gasteiger partial charge in [-0.25, -0.2) is 4.79 Å². The summed E-state index contributed by atoms with van der Waals surface area (Å²) in [6.45, 7) is 7.89. The van der Waals surface area contributed by atoms with Crippen LogP contribution in [0.3, 0.4) is 0 Å². The third-order valence-corrected chi connectivity index (χ3v) is 4.60. The highest BCUT2D eigenvalue weighted by molar-refractivity contribution is 5.80. The van der Waals surface area contributed by atoms with E-state index in [2.05, 4.69) is 45.2 Å². The first-order chi connectivity index (χ1) is 12.5. The van der Waals surface area contributed by atoms with E-state index in [4.69, 9.17) is 4.74 Å². The predicted molar refractivity (Wildman–Crippen MR) is 106 cm³/mol. The largest absolute Gasteiger partial charge is 0.450 e. The number of aliphatic imine (C=N–C) groups is 1. The normalized spacial score (nSPS) is 15.0. The molecule has 1 N–H and O–H groups in total. The third-order valence-electron chi connectivity index (χ3n) is 4.60. The highest BCUT2D eigenvalue weighted by Gasteiger charge is 2.23. The Kier molecular flexibility index (Phi) is 7.12. The van der Waals surface area contributed by atoms with Gasteiger partial charge in [0.25, 0.3) is 0 Å². The molecular formula is C19H31N5O2. The number of nitrogens with zero attached hydrogens (tertiary/aromatic N) is 4. The molecule has 1 fully saturated rings. The average molecular weight is 361 g/mol. The van der Waals surface area contributed by atoms with Crippen LogP contribution in [-0.2, 0) is 11.3 Å². The van der Waals surface area contributed by atoms with Gasteiger partial charge < -0.3 is 24.8 Å².